The van der Waals surface area contributed by atoms with Gasteiger partial charge in [-0.2, -0.15) is 0 Å². The van der Waals surface area contributed by atoms with Crippen molar-refractivity contribution >= 4 is 11.3 Å². The molecule has 1 spiro atoms. The molecule has 1 N–H and O–H groups in total. The zero-order chi connectivity index (χ0) is 10.3. The highest BCUT2D eigenvalue weighted by Gasteiger charge is 2.46. The van der Waals surface area contributed by atoms with Crippen LogP contribution in [0.15, 0.2) is 11.4 Å². The lowest BCUT2D eigenvalue weighted by Crippen LogP contribution is -2.53. The maximum absolute atomic E-state index is 5.93. The van der Waals surface area contributed by atoms with Gasteiger partial charge in [-0.1, -0.05) is 0 Å². The Morgan fingerprint density at radius 1 is 1.53 bits per heavy atom. The first-order valence-corrected chi connectivity index (χ1v) is 6.15. The molecule has 0 amide bonds. The van der Waals surface area contributed by atoms with E-state index in [-0.39, 0.29) is 11.5 Å². The van der Waals surface area contributed by atoms with E-state index in [1.54, 1.807) is 11.3 Å². The normalized spacial score (nSPS) is 27.4. The second kappa shape index (κ2) is 3.56. The minimum absolute atomic E-state index is 0.180. The van der Waals surface area contributed by atoms with Gasteiger partial charge in [0.05, 0.1) is 25.2 Å². The number of nitrogens with one attached hydrogen (secondary N) is 1. The predicted octanol–water partition coefficient (Wildman–Crippen LogP) is 1.31. The lowest BCUT2D eigenvalue weighted by atomic mass is 9.77. The van der Waals surface area contributed by atoms with Crippen LogP contribution in [0.2, 0.25) is 0 Å². The molecule has 3 nitrogen and oxygen atoms in total. The van der Waals surface area contributed by atoms with Crippen LogP contribution in [0.5, 0.6) is 0 Å². The van der Waals surface area contributed by atoms with Crippen molar-refractivity contribution in [1.29, 1.82) is 0 Å². The van der Waals surface area contributed by atoms with Gasteiger partial charge in [-0.25, -0.2) is 0 Å². The van der Waals surface area contributed by atoms with Crippen molar-refractivity contribution in [3.63, 3.8) is 0 Å². The Labute approximate surface area is 93.4 Å². The van der Waals surface area contributed by atoms with Gasteiger partial charge in [0.2, 0.25) is 0 Å². The third-order valence-corrected chi connectivity index (χ3v) is 4.27. The number of hydrogen-bond acceptors (Lipinski definition) is 4. The van der Waals surface area contributed by atoms with E-state index in [9.17, 15) is 0 Å². The van der Waals surface area contributed by atoms with E-state index >= 15 is 0 Å². The number of ether oxygens (including phenoxy) is 2. The average Bonchev–Trinajstić information content (AvgIpc) is 2.65. The maximum Gasteiger partial charge on any atom is 0.104 e. The Hall–Kier alpha value is -0.420. The lowest BCUT2D eigenvalue weighted by molar-refractivity contribution is -0.124. The summed E-state index contributed by atoms with van der Waals surface area (Å²) in [5.41, 5.74) is 1.64. The smallest absolute Gasteiger partial charge is 0.104 e. The first kappa shape index (κ1) is 9.78. The molecule has 15 heavy (non-hydrogen) atoms. The highest BCUT2D eigenvalue weighted by atomic mass is 32.1. The molecule has 1 saturated heterocycles. The molecule has 1 aromatic heterocycles. The van der Waals surface area contributed by atoms with Gasteiger partial charge in [-0.3, -0.25) is 0 Å². The summed E-state index contributed by atoms with van der Waals surface area (Å²) >= 11 is 1.80. The molecule has 0 unspecified atom stereocenters. The van der Waals surface area contributed by atoms with Crippen LogP contribution in [0.4, 0.5) is 0 Å². The van der Waals surface area contributed by atoms with Crippen molar-refractivity contribution in [2.75, 3.05) is 33.4 Å². The second-order valence-electron chi connectivity index (χ2n) is 4.33. The monoisotopic (exact) mass is 225 g/mol. The van der Waals surface area contributed by atoms with Crippen LogP contribution in [0.3, 0.4) is 0 Å². The van der Waals surface area contributed by atoms with Crippen LogP contribution in [-0.4, -0.2) is 33.4 Å². The van der Waals surface area contributed by atoms with Gasteiger partial charge >= 0.3 is 0 Å². The van der Waals surface area contributed by atoms with Crippen molar-refractivity contribution in [3.8, 4) is 0 Å². The molecule has 0 radical (unpaired) electrons. The van der Waals surface area contributed by atoms with Gasteiger partial charge in [0, 0.05) is 11.4 Å². The highest BCUT2D eigenvalue weighted by Crippen LogP contribution is 2.44. The molecule has 1 fully saturated rings. The Bertz CT molecular complexity index is 359. The molecule has 1 atom stereocenters. The molecule has 0 bridgehead atoms. The quantitative estimate of drug-likeness (QED) is 0.823. The maximum atomic E-state index is 5.93. The predicted molar refractivity (Wildman–Crippen MR) is 59.4 cm³/mol. The summed E-state index contributed by atoms with van der Waals surface area (Å²) < 4.78 is 11.3. The Balaban J connectivity index is 1.94. The van der Waals surface area contributed by atoms with E-state index in [4.69, 9.17) is 9.47 Å². The number of thiophene rings is 1. The van der Waals surface area contributed by atoms with Gasteiger partial charge in [0.25, 0.3) is 0 Å². The average molecular weight is 225 g/mol. The van der Waals surface area contributed by atoms with E-state index in [1.807, 2.05) is 7.05 Å². The van der Waals surface area contributed by atoms with Crippen molar-refractivity contribution in [3.05, 3.63) is 21.9 Å². The molecule has 0 saturated carbocycles. The number of likely N-dealkylation sites (N-methyl/N-ethyl adjacent to an activating group) is 1. The van der Waals surface area contributed by atoms with Crippen LogP contribution < -0.4 is 5.32 Å². The standard InChI is InChI=1S/C11H15NO2S/c1-12-4-9-10-8(2-3-15-10)11(7-14-9)5-13-6-11/h2-3,9,12H,4-7H2,1H3/t9-/m0/s1. The summed E-state index contributed by atoms with van der Waals surface area (Å²) in [6.07, 6.45) is 0.233. The zero-order valence-electron chi connectivity index (χ0n) is 8.79. The summed E-state index contributed by atoms with van der Waals surface area (Å²) in [7, 11) is 1.97. The molecular weight excluding hydrogens is 210 g/mol. The lowest BCUT2D eigenvalue weighted by Gasteiger charge is -2.45. The summed E-state index contributed by atoms with van der Waals surface area (Å²) in [6.45, 7) is 3.35. The third kappa shape index (κ3) is 1.36. The molecule has 4 heteroatoms. The van der Waals surface area contributed by atoms with Crippen LogP contribution in [-0.2, 0) is 14.9 Å². The van der Waals surface area contributed by atoms with E-state index in [1.165, 1.54) is 10.4 Å². The van der Waals surface area contributed by atoms with Gasteiger partial charge in [0.15, 0.2) is 0 Å². The fraction of sp³-hybridized carbons (Fsp3) is 0.636. The van der Waals surface area contributed by atoms with E-state index < -0.39 is 0 Å². The Morgan fingerprint density at radius 3 is 3.07 bits per heavy atom. The molecule has 3 rings (SSSR count). The van der Waals surface area contributed by atoms with Crippen LogP contribution in [0.25, 0.3) is 0 Å². The number of rotatable bonds is 2. The molecule has 0 aliphatic carbocycles. The Morgan fingerprint density at radius 2 is 2.40 bits per heavy atom. The van der Waals surface area contributed by atoms with E-state index in [0.29, 0.717) is 0 Å². The molecule has 2 aliphatic heterocycles. The summed E-state index contributed by atoms with van der Waals surface area (Å²) in [5.74, 6) is 0. The molecule has 0 aromatic carbocycles. The van der Waals surface area contributed by atoms with Crippen LogP contribution >= 0.6 is 11.3 Å². The van der Waals surface area contributed by atoms with E-state index in [2.05, 4.69) is 16.8 Å². The fourth-order valence-corrected chi connectivity index (χ4v) is 3.41. The summed E-state index contributed by atoms with van der Waals surface area (Å²) in [4.78, 5) is 1.39. The largest absolute Gasteiger partial charge is 0.379 e. The van der Waals surface area contributed by atoms with Crippen molar-refractivity contribution < 1.29 is 9.47 Å². The highest BCUT2D eigenvalue weighted by molar-refractivity contribution is 7.10. The van der Waals surface area contributed by atoms with Crippen LogP contribution in [0, 0.1) is 0 Å². The van der Waals surface area contributed by atoms with Crippen molar-refractivity contribution in [2.24, 2.45) is 0 Å². The van der Waals surface area contributed by atoms with Crippen molar-refractivity contribution in [2.45, 2.75) is 11.5 Å². The zero-order valence-corrected chi connectivity index (χ0v) is 9.60. The summed E-state index contributed by atoms with van der Waals surface area (Å²) in [5, 5.41) is 5.35. The molecular formula is C11H15NO2S. The Kier molecular flexibility index (Phi) is 2.32. The molecule has 1 aromatic rings. The second-order valence-corrected chi connectivity index (χ2v) is 5.28. The summed E-state index contributed by atoms with van der Waals surface area (Å²) in [6, 6.07) is 2.24. The number of hydrogen-bond donors (Lipinski definition) is 1. The molecule has 3 heterocycles. The fourth-order valence-electron chi connectivity index (χ4n) is 2.35. The molecule has 82 valence electrons. The van der Waals surface area contributed by atoms with Gasteiger partial charge in [0.1, 0.15) is 6.10 Å². The SMILES string of the molecule is CNC[C@@H]1OCC2(COC2)c2ccsc21. The first-order chi connectivity index (χ1) is 7.36. The number of fused-ring (bicyclic) bond motifs is 2. The van der Waals surface area contributed by atoms with Crippen molar-refractivity contribution in [1.82, 2.24) is 5.32 Å². The minimum atomic E-state index is 0.180. The van der Waals surface area contributed by atoms with E-state index in [0.717, 1.165) is 26.4 Å². The van der Waals surface area contributed by atoms with Gasteiger partial charge < -0.3 is 14.8 Å². The third-order valence-electron chi connectivity index (χ3n) is 3.27. The molecule has 2 aliphatic rings. The van der Waals surface area contributed by atoms with Gasteiger partial charge in [-0.05, 0) is 24.1 Å². The topological polar surface area (TPSA) is 30.5 Å². The van der Waals surface area contributed by atoms with Crippen LogP contribution in [0.1, 0.15) is 16.5 Å². The first-order valence-electron chi connectivity index (χ1n) is 5.27. The minimum Gasteiger partial charge on any atom is -0.379 e. The van der Waals surface area contributed by atoms with Gasteiger partial charge in [-0.15, -0.1) is 11.3 Å².